The second kappa shape index (κ2) is 9.36. The fraction of sp³-hybridized carbons (Fsp3) is 0.500. The number of ether oxygens (including phenoxy) is 1. The molecule has 3 N–H and O–H groups in total. The third kappa shape index (κ3) is 7.09. The molecule has 136 valence electrons. The third-order valence-electron chi connectivity index (χ3n) is 4.08. The van der Waals surface area contributed by atoms with Crippen molar-refractivity contribution in [3.8, 4) is 5.75 Å². The number of hydrogen-bond donors (Lipinski definition) is 3. The Balaban J connectivity index is 1.64. The van der Waals surface area contributed by atoms with E-state index in [1.165, 1.54) is 12.8 Å². The lowest BCUT2D eigenvalue weighted by Gasteiger charge is -2.13. The SMILES string of the molecule is Cc1cc(C)cc(OCC(=O)NNC(=S)NC(=O)CC2CCCC2)c1. The van der Waals surface area contributed by atoms with Gasteiger partial charge in [0.25, 0.3) is 5.91 Å². The van der Waals surface area contributed by atoms with Gasteiger partial charge in [0.05, 0.1) is 0 Å². The Morgan fingerprint density at radius 2 is 1.72 bits per heavy atom. The summed E-state index contributed by atoms with van der Waals surface area (Å²) >= 11 is 5.00. The summed E-state index contributed by atoms with van der Waals surface area (Å²) in [5.74, 6) is 0.584. The van der Waals surface area contributed by atoms with E-state index in [0.717, 1.165) is 24.0 Å². The standard InChI is InChI=1S/C18H25N3O3S/c1-12-7-13(2)9-15(8-12)24-11-17(23)20-21-18(25)19-16(22)10-14-5-3-4-6-14/h7-9,14H,3-6,10-11H2,1-2H3,(H,20,23)(H2,19,21,22,25). The van der Waals surface area contributed by atoms with Crippen LogP contribution in [0.1, 0.15) is 43.2 Å². The number of aryl methyl sites for hydroxylation is 2. The smallest absolute Gasteiger partial charge is 0.276 e. The summed E-state index contributed by atoms with van der Waals surface area (Å²) < 4.78 is 5.45. The van der Waals surface area contributed by atoms with Crippen molar-refractivity contribution in [3.05, 3.63) is 29.3 Å². The molecule has 7 heteroatoms. The van der Waals surface area contributed by atoms with Crippen molar-refractivity contribution >= 4 is 29.1 Å². The number of carbonyl (C=O) groups is 2. The molecule has 0 spiro atoms. The highest BCUT2D eigenvalue weighted by Gasteiger charge is 2.18. The number of nitrogens with one attached hydrogen (secondary N) is 3. The van der Waals surface area contributed by atoms with Crippen LogP contribution in [-0.2, 0) is 9.59 Å². The van der Waals surface area contributed by atoms with Gasteiger partial charge in [-0.05, 0) is 68.1 Å². The van der Waals surface area contributed by atoms with Crippen LogP contribution in [0.2, 0.25) is 0 Å². The number of carbonyl (C=O) groups excluding carboxylic acids is 2. The molecule has 0 aliphatic heterocycles. The molecule has 0 atom stereocenters. The van der Waals surface area contributed by atoms with Crippen molar-refractivity contribution in [1.82, 2.24) is 16.2 Å². The van der Waals surface area contributed by atoms with Crippen LogP contribution in [0, 0.1) is 19.8 Å². The lowest BCUT2D eigenvalue weighted by molar-refractivity contribution is -0.124. The van der Waals surface area contributed by atoms with E-state index in [9.17, 15) is 9.59 Å². The molecule has 1 fully saturated rings. The van der Waals surface area contributed by atoms with Gasteiger partial charge in [-0.3, -0.25) is 20.4 Å². The molecular weight excluding hydrogens is 338 g/mol. The molecule has 1 aliphatic rings. The van der Waals surface area contributed by atoms with Crippen molar-refractivity contribution in [1.29, 1.82) is 0 Å². The van der Waals surface area contributed by atoms with E-state index in [2.05, 4.69) is 16.2 Å². The van der Waals surface area contributed by atoms with Gasteiger partial charge in [-0.2, -0.15) is 0 Å². The number of benzene rings is 1. The highest BCUT2D eigenvalue weighted by atomic mass is 32.1. The average molecular weight is 363 g/mol. The summed E-state index contributed by atoms with van der Waals surface area (Å²) in [4.78, 5) is 23.6. The van der Waals surface area contributed by atoms with Crippen LogP contribution in [0.15, 0.2) is 18.2 Å². The largest absolute Gasteiger partial charge is 0.484 e. The molecule has 1 aliphatic carbocycles. The van der Waals surface area contributed by atoms with E-state index < -0.39 is 0 Å². The molecule has 25 heavy (non-hydrogen) atoms. The number of amides is 2. The van der Waals surface area contributed by atoms with Crippen LogP contribution in [0.25, 0.3) is 0 Å². The van der Waals surface area contributed by atoms with Crippen molar-refractivity contribution in [2.45, 2.75) is 46.0 Å². The summed E-state index contributed by atoms with van der Waals surface area (Å²) in [5.41, 5.74) is 7.07. The third-order valence-corrected chi connectivity index (χ3v) is 4.29. The van der Waals surface area contributed by atoms with Gasteiger partial charge in [-0.15, -0.1) is 0 Å². The minimum Gasteiger partial charge on any atom is -0.484 e. The predicted octanol–water partition coefficient (Wildman–Crippen LogP) is 2.28. The fourth-order valence-corrected chi connectivity index (χ4v) is 3.18. The van der Waals surface area contributed by atoms with E-state index in [4.69, 9.17) is 17.0 Å². The quantitative estimate of drug-likeness (QED) is 0.552. The fourth-order valence-electron chi connectivity index (χ4n) is 3.01. The molecule has 1 aromatic carbocycles. The average Bonchev–Trinajstić information content (AvgIpc) is 3.02. The number of hydrazine groups is 1. The van der Waals surface area contributed by atoms with Gasteiger partial charge in [0.2, 0.25) is 5.91 Å². The molecule has 0 unspecified atom stereocenters. The van der Waals surface area contributed by atoms with Crippen molar-refractivity contribution in [2.24, 2.45) is 5.92 Å². The highest BCUT2D eigenvalue weighted by Crippen LogP contribution is 2.27. The summed E-state index contributed by atoms with van der Waals surface area (Å²) in [5, 5.41) is 2.66. The Bertz CT molecular complexity index is 622. The highest BCUT2D eigenvalue weighted by molar-refractivity contribution is 7.80. The first-order valence-corrected chi connectivity index (χ1v) is 8.93. The van der Waals surface area contributed by atoms with E-state index in [-0.39, 0.29) is 23.5 Å². The Kier molecular flexibility index (Phi) is 7.18. The Labute approximate surface area is 153 Å². The maximum Gasteiger partial charge on any atom is 0.276 e. The van der Waals surface area contributed by atoms with E-state index >= 15 is 0 Å². The summed E-state index contributed by atoms with van der Waals surface area (Å²) in [6.45, 7) is 3.79. The molecular formula is C18H25N3O3S. The van der Waals surface area contributed by atoms with Gasteiger partial charge in [0, 0.05) is 6.42 Å². The molecule has 0 bridgehead atoms. The molecule has 0 radical (unpaired) electrons. The molecule has 1 aromatic rings. The van der Waals surface area contributed by atoms with Gasteiger partial charge in [-0.25, -0.2) is 0 Å². The van der Waals surface area contributed by atoms with E-state index in [1.54, 1.807) is 0 Å². The predicted molar refractivity (Wildman–Crippen MR) is 100 cm³/mol. The zero-order valence-corrected chi connectivity index (χ0v) is 15.5. The van der Waals surface area contributed by atoms with Gasteiger partial charge in [-0.1, -0.05) is 18.9 Å². The molecule has 0 heterocycles. The molecule has 0 saturated heterocycles. The maximum atomic E-state index is 11.9. The van der Waals surface area contributed by atoms with Gasteiger partial charge >= 0.3 is 0 Å². The van der Waals surface area contributed by atoms with E-state index in [0.29, 0.717) is 18.1 Å². The maximum absolute atomic E-state index is 11.9. The number of rotatable bonds is 5. The molecule has 2 rings (SSSR count). The van der Waals surface area contributed by atoms with Crippen LogP contribution >= 0.6 is 12.2 Å². The van der Waals surface area contributed by atoms with Crippen molar-refractivity contribution in [3.63, 3.8) is 0 Å². The van der Waals surface area contributed by atoms with Crippen LogP contribution in [0.5, 0.6) is 5.75 Å². The van der Waals surface area contributed by atoms with Gasteiger partial charge in [0.1, 0.15) is 5.75 Å². The van der Waals surface area contributed by atoms with Crippen LogP contribution in [-0.4, -0.2) is 23.5 Å². The first kappa shape index (κ1) is 19.2. The minimum absolute atomic E-state index is 0.0859. The summed E-state index contributed by atoms with van der Waals surface area (Å²) in [7, 11) is 0. The van der Waals surface area contributed by atoms with Crippen LogP contribution in [0.4, 0.5) is 0 Å². The molecule has 6 nitrogen and oxygen atoms in total. The molecule has 1 saturated carbocycles. The first-order chi connectivity index (χ1) is 11.9. The van der Waals surface area contributed by atoms with Crippen molar-refractivity contribution < 1.29 is 14.3 Å². The zero-order chi connectivity index (χ0) is 18.2. The molecule has 2 amide bonds. The zero-order valence-electron chi connectivity index (χ0n) is 14.7. The van der Waals surface area contributed by atoms with Crippen LogP contribution < -0.4 is 20.9 Å². The van der Waals surface area contributed by atoms with Crippen molar-refractivity contribution in [2.75, 3.05) is 6.61 Å². The van der Waals surface area contributed by atoms with Gasteiger partial charge < -0.3 is 10.1 Å². The Morgan fingerprint density at radius 1 is 1.08 bits per heavy atom. The summed E-state index contributed by atoms with van der Waals surface area (Å²) in [6, 6.07) is 5.75. The number of thiocarbonyl (C=S) groups is 1. The first-order valence-electron chi connectivity index (χ1n) is 8.52. The Morgan fingerprint density at radius 3 is 2.36 bits per heavy atom. The second-order valence-corrected chi connectivity index (χ2v) is 6.93. The number of hydrogen-bond acceptors (Lipinski definition) is 4. The second-order valence-electron chi connectivity index (χ2n) is 6.52. The monoisotopic (exact) mass is 363 g/mol. The minimum atomic E-state index is -0.383. The van der Waals surface area contributed by atoms with Gasteiger partial charge in [0.15, 0.2) is 11.7 Å². The molecule has 0 aromatic heterocycles. The Hall–Kier alpha value is -2.15. The van der Waals surface area contributed by atoms with Crippen LogP contribution in [0.3, 0.4) is 0 Å². The van der Waals surface area contributed by atoms with E-state index in [1.807, 2.05) is 32.0 Å². The summed E-state index contributed by atoms with van der Waals surface area (Å²) in [6.07, 6.45) is 5.06. The normalized spacial score (nSPS) is 14.0. The topological polar surface area (TPSA) is 79.5 Å². The lowest BCUT2D eigenvalue weighted by atomic mass is 10.0. The lowest BCUT2D eigenvalue weighted by Crippen LogP contribution is -2.49.